The number of methoxy groups -OCH3 is 1. The Labute approximate surface area is 197 Å². The summed E-state index contributed by atoms with van der Waals surface area (Å²) in [5, 5.41) is 7.98. The summed E-state index contributed by atoms with van der Waals surface area (Å²) in [4.78, 5) is 31.5. The molecule has 178 valence electrons. The van der Waals surface area contributed by atoms with E-state index >= 15 is 0 Å². The molecule has 0 bridgehead atoms. The molecule has 4 N–H and O–H groups in total. The Hall–Kier alpha value is -2.73. The molecule has 2 amide bonds. The fraction of sp³-hybridized carbons (Fsp3) is 0.381. The van der Waals surface area contributed by atoms with Crippen LogP contribution >= 0.6 is 11.6 Å². The van der Waals surface area contributed by atoms with Crippen molar-refractivity contribution in [2.24, 2.45) is 5.14 Å². The van der Waals surface area contributed by atoms with E-state index in [4.69, 9.17) is 21.5 Å². The first-order chi connectivity index (χ1) is 15.5. The number of halogens is 1. The molecule has 1 aromatic heterocycles. The minimum atomic E-state index is -4.01. The van der Waals surface area contributed by atoms with E-state index in [9.17, 15) is 18.0 Å². The molecule has 0 saturated carbocycles. The standard InChI is InChI=1S/C21H26ClN5O5S/c1-13(2)14-6-4-5-7-15(14)21(11-27(12-21)19(28)10-25-33(23,30)31)20(29)26-16-9-24-18(22)8-17(16)32-3/h4-9,13,25H,10-12H2,1-3H3,(H,26,29)(H2,23,30,31). The molecule has 0 aliphatic carbocycles. The number of ether oxygens (including phenoxy) is 1. The van der Waals surface area contributed by atoms with Gasteiger partial charge in [0.2, 0.25) is 11.8 Å². The highest BCUT2D eigenvalue weighted by Gasteiger charge is 2.53. The topological polar surface area (TPSA) is 144 Å². The number of carbonyl (C=O) groups is 2. The fourth-order valence-corrected chi connectivity index (χ4v) is 4.32. The highest BCUT2D eigenvalue weighted by atomic mass is 35.5. The van der Waals surface area contributed by atoms with Gasteiger partial charge in [-0.2, -0.15) is 13.1 Å². The van der Waals surface area contributed by atoms with E-state index in [1.807, 2.05) is 42.8 Å². The molecule has 1 aliphatic heterocycles. The van der Waals surface area contributed by atoms with E-state index in [0.29, 0.717) is 11.4 Å². The van der Waals surface area contributed by atoms with E-state index in [2.05, 4.69) is 10.3 Å². The predicted octanol–water partition coefficient (Wildman–Crippen LogP) is 1.38. The van der Waals surface area contributed by atoms with Crippen molar-refractivity contribution in [2.75, 3.05) is 32.1 Å². The maximum atomic E-state index is 13.6. The number of nitrogens with one attached hydrogen (secondary N) is 2. The lowest BCUT2D eigenvalue weighted by Crippen LogP contribution is -2.67. The van der Waals surface area contributed by atoms with Gasteiger partial charge in [0.1, 0.15) is 22.0 Å². The highest BCUT2D eigenvalue weighted by molar-refractivity contribution is 7.87. The second-order valence-corrected chi connectivity index (χ2v) is 9.87. The molecular weight excluding hydrogens is 470 g/mol. The van der Waals surface area contributed by atoms with Crippen molar-refractivity contribution >= 4 is 39.3 Å². The van der Waals surface area contributed by atoms with Gasteiger partial charge >= 0.3 is 0 Å². The molecule has 1 aliphatic rings. The van der Waals surface area contributed by atoms with Crippen LogP contribution in [0.3, 0.4) is 0 Å². The number of benzene rings is 1. The van der Waals surface area contributed by atoms with Crippen molar-refractivity contribution < 1.29 is 22.7 Å². The van der Waals surface area contributed by atoms with Gasteiger partial charge in [-0.3, -0.25) is 9.59 Å². The molecule has 0 atom stereocenters. The van der Waals surface area contributed by atoms with Gasteiger partial charge in [-0.25, -0.2) is 10.1 Å². The van der Waals surface area contributed by atoms with Crippen LogP contribution < -0.4 is 19.9 Å². The van der Waals surface area contributed by atoms with Crippen molar-refractivity contribution in [1.82, 2.24) is 14.6 Å². The zero-order valence-corrected chi connectivity index (χ0v) is 20.0. The predicted molar refractivity (Wildman–Crippen MR) is 124 cm³/mol. The fourth-order valence-electron chi connectivity index (χ4n) is 3.85. The van der Waals surface area contributed by atoms with Gasteiger partial charge in [-0.1, -0.05) is 49.7 Å². The third kappa shape index (κ3) is 5.44. The summed E-state index contributed by atoms with van der Waals surface area (Å²) in [7, 11) is -2.56. The van der Waals surface area contributed by atoms with E-state index in [1.54, 1.807) is 0 Å². The van der Waals surface area contributed by atoms with E-state index in [1.165, 1.54) is 24.3 Å². The lowest BCUT2D eigenvalue weighted by molar-refractivity contribution is -0.143. The zero-order valence-electron chi connectivity index (χ0n) is 18.5. The zero-order chi connectivity index (χ0) is 24.4. The first-order valence-corrected chi connectivity index (χ1v) is 12.0. The maximum absolute atomic E-state index is 13.6. The van der Waals surface area contributed by atoms with Crippen LogP contribution in [0.4, 0.5) is 5.69 Å². The first-order valence-electron chi connectivity index (χ1n) is 10.1. The monoisotopic (exact) mass is 495 g/mol. The van der Waals surface area contributed by atoms with E-state index in [-0.39, 0.29) is 30.1 Å². The molecular formula is C21H26ClN5O5S. The summed E-state index contributed by atoms with van der Waals surface area (Å²) in [6.45, 7) is 3.69. The molecule has 33 heavy (non-hydrogen) atoms. The maximum Gasteiger partial charge on any atom is 0.274 e. The third-order valence-corrected chi connectivity index (χ3v) is 6.29. The smallest absolute Gasteiger partial charge is 0.274 e. The number of anilines is 1. The van der Waals surface area contributed by atoms with Crippen LogP contribution in [0, 0.1) is 0 Å². The van der Waals surface area contributed by atoms with Crippen LogP contribution in [0.2, 0.25) is 5.15 Å². The summed E-state index contributed by atoms with van der Waals surface area (Å²) in [5.74, 6) is -0.353. The SMILES string of the molecule is COc1cc(Cl)ncc1NC(=O)C1(c2ccccc2C(C)C)CN(C(=O)CNS(N)(=O)=O)C1. The lowest BCUT2D eigenvalue weighted by Gasteiger charge is -2.50. The molecule has 12 heteroatoms. The van der Waals surface area contributed by atoms with Gasteiger partial charge in [0, 0.05) is 19.2 Å². The molecule has 1 fully saturated rings. The Morgan fingerprint density at radius 2 is 1.97 bits per heavy atom. The van der Waals surface area contributed by atoms with E-state index in [0.717, 1.165) is 11.1 Å². The quantitative estimate of drug-likeness (QED) is 0.472. The van der Waals surface area contributed by atoms with Gasteiger partial charge in [-0.15, -0.1) is 0 Å². The molecule has 0 spiro atoms. The Morgan fingerprint density at radius 1 is 1.30 bits per heavy atom. The summed E-state index contributed by atoms with van der Waals surface area (Å²) in [5.41, 5.74) is 1.06. The van der Waals surface area contributed by atoms with Crippen molar-refractivity contribution in [2.45, 2.75) is 25.2 Å². The molecule has 0 unspecified atom stereocenters. The van der Waals surface area contributed by atoms with Crippen LogP contribution in [0.15, 0.2) is 36.5 Å². The van der Waals surface area contributed by atoms with Crippen LogP contribution in [-0.4, -0.2) is 56.9 Å². The largest absolute Gasteiger partial charge is 0.494 e. The summed E-state index contributed by atoms with van der Waals surface area (Å²) in [6, 6.07) is 9.05. The molecule has 1 aromatic carbocycles. The van der Waals surface area contributed by atoms with Gasteiger partial charge in [0.15, 0.2) is 0 Å². The number of pyridine rings is 1. The van der Waals surface area contributed by atoms with Gasteiger partial charge in [0.05, 0.1) is 19.9 Å². The second kappa shape index (κ2) is 9.64. The first kappa shape index (κ1) is 24.9. The number of hydrogen-bond acceptors (Lipinski definition) is 6. The average Bonchev–Trinajstić information content (AvgIpc) is 2.72. The van der Waals surface area contributed by atoms with E-state index < -0.39 is 28.1 Å². The Kier molecular flexibility index (Phi) is 7.27. The van der Waals surface area contributed by atoms with Crippen LogP contribution in [0.5, 0.6) is 5.75 Å². The molecule has 2 heterocycles. The van der Waals surface area contributed by atoms with Crippen LogP contribution in [-0.2, 0) is 25.2 Å². The van der Waals surface area contributed by atoms with Gasteiger partial charge in [0.25, 0.3) is 10.2 Å². The second-order valence-electron chi connectivity index (χ2n) is 8.10. The van der Waals surface area contributed by atoms with Crippen LogP contribution in [0.25, 0.3) is 0 Å². The number of carbonyl (C=O) groups excluding carboxylic acids is 2. The van der Waals surface area contributed by atoms with Crippen molar-refractivity contribution in [3.63, 3.8) is 0 Å². The molecule has 2 aromatic rings. The Morgan fingerprint density at radius 3 is 2.58 bits per heavy atom. The number of nitrogens with two attached hydrogens (primary N) is 1. The number of aromatic nitrogens is 1. The summed E-state index contributed by atoms with van der Waals surface area (Å²) < 4.78 is 29.5. The number of nitrogens with zero attached hydrogens (tertiary/aromatic N) is 2. The number of amides is 2. The third-order valence-electron chi connectivity index (χ3n) is 5.53. The minimum Gasteiger partial charge on any atom is -0.494 e. The van der Waals surface area contributed by atoms with Gasteiger partial charge in [-0.05, 0) is 17.0 Å². The molecule has 1 saturated heterocycles. The summed E-state index contributed by atoms with van der Waals surface area (Å²) >= 11 is 5.92. The number of likely N-dealkylation sites (tertiary alicyclic amines) is 1. The average molecular weight is 496 g/mol. The number of hydrogen-bond donors (Lipinski definition) is 3. The molecule has 0 radical (unpaired) electrons. The van der Waals surface area contributed by atoms with Crippen molar-refractivity contribution in [3.05, 3.63) is 52.8 Å². The highest BCUT2D eigenvalue weighted by Crippen LogP contribution is 2.40. The Balaban J connectivity index is 1.93. The normalized spacial score (nSPS) is 15.2. The lowest BCUT2D eigenvalue weighted by atomic mass is 9.69. The van der Waals surface area contributed by atoms with Gasteiger partial charge < -0.3 is 15.0 Å². The molecule has 3 rings (SSSR count). The summed E-state index contributed by atoms with van der Waals surface area (Å²) in [6.07, 6.45) is 1.40. The Bertz CT molecular complexity index is 1170. The van der Waals surface area contributed by atoms with Crippen LogP contribution in [0.1, 0.15) is 30.9 Å². The molecule has 10 nitrogen and oxygen atoms in total. The van der Waals surface area contributed by atoms with Crippen molar-refractivity contribution in [3.8, 4) is 5.75 Å². The van der Waals surface area contributed by atoms with Crippen molar-refractivity contribution in [1.29, 1.82) is 0 Å². The minimum absolute atomic E-state index is 0.0665. The number of rotatable bonds is 8.